The average Bonchev–Trinajstić information content (AvgIpc) is 2.58. The molecule has 0 bridgehead atoms. The number of nitrogens with zero attached hydrogens (tertiary/aromatic N) is 3. The third-order valence-corrected chi connectivity index (χ3v) is 3.73. The Morgan fingerprint density at radius 1 is 1.64 bits per heavy atom. The van der Waals surface area contributed by atoms with Crippen molar-refractivity contribution in [2.75, 3.05) is 25.3 Å². The highest BCUT2D eigenvalue weighted by atomic mass is 32.2. The smallest absolute Gasteiger partial charge is 0.183 e. The molecule has 2 heterocycles. The largest absolute Gasteiger partial charge is 0.388 e. The van der Waals surface area contributed by atoms with E-state index in [-0.39, 0.29) is 6.61 Å². The summed E-state index contributed by atoms with van der Waals surface area (Å²) in [6.45, 7) is -0.0740. The highest BCUT2D eigenvalue weighted by molar-refractivity contribution is 8.00. The molecular formula is C7H10N4OS2. The van der Waals surface area contributed by atoms with Crippen molar-refractivity contribution in [2.45, 2.75) is 4.34 Å². The van der Waals surface area contributed by atoms with Gasteiger partial charge in [0.2, 0.25) is 0 Å². The number of rotatable bonds is 2. The van der Waals surface area contributed by atoms with Crippen molar-refractivity contribution in [3.05, 3.63) is 0 Å². The number of fused-ring (bicyclic) bond motifs is 1. The summed E-state index contributed by atoms with van der Waals surface area (Å²) in [5.41, 5.74) is 3.04. The van der Waals surface area contributed by atoms with Gasteiger partial charge in [0.25, 0.3) is 0 Å². The van der Waals surface area contributed by atoms with Gasteiger partial charge in [0.05, 0.1) is 0 Å². The first-order valence-corrected chi connectivity index (χ1v) is 6.02. The Bertz CT molecular complexity index is 376. The second-order valence-corrected chi connectivity index (χ2v) is 4.73. The van der Waals surface area contributed by atoms with E-state index >= 15 is 0 Å². The van der Waals surface area contributed by atoms with Gasteiger partial charge >= 0.3 is 0 Å². The van der Waals surface area contributed by atoms with E-state index in [0.717, 1.165) is 15.2 Å². The number of anilines is 1. The van der Waals surface area contributed by atoms with Crippen molar-refractivity contribution in [1.82, 2.24) is 9.99 Å². The number of aliphatic hydroxyl groups is 1. The molecule has 1 aliphatic rings. The third-order valence-electron chi connectivity index (χ3n) is 1.80. The Labute approximate surface area is 89.8 Å². The van der Waals surface area contributed by atoms with E-state index in [1.165, 1.54) is 11.3 Å². The maximum Gasteiger partial charge on any atom is 0.183 e. The SMILES string of the molecule is CSc1nc2c(s1)N=C(CO)N(C)N2. The van der Waals surface area contributed by atoms with Gasteiger partial charge in [-0.25, -0.2) is 9.98 Å². The first kappa shape index (κ1) is 9.75. The van der Waals surface area contributed by atoms with E-state index in [0.29, 0.717) is 5.84 Å². The number of nitrogens with one attached hydrogen (secondary N) is 1. The maximum atomic E-state index is 9.02. The second kappa shape index (κ2) is 3.76. The molecule has 1 aromatic heterocycles. The summed E-state index contributed by atoms with van der Waals surface area (Å²) in [4.78, 5) is 8.61. The molecular weight excluding hydrogens is 220 g/mol. The van der Waals surface area contributed by atoms with Gasteiger partial charge in [0.15, 0.2) is 15.2 Å². The van der Waals surface area contributed by atoms with E-state index in [4.69, 9.17) is 5.11 Å². The lowest BCUT2D eigenvalue weighted by Gasteiger charge is -2.24. The fourth-order valence-electron chi connectivity index (χ4n) is 1.09. The van der Waals surface area contributed by atoms with Crippen LogP contribution in [0.1, 0.15) is 0 Å². The minimum atomic E-state index is -0.0740. The number of aromatic nitrogens is 1. The zero-order valence-electron chi connectivity index (χ0n) is 7.81. The zero-order valence-corrected chi connectivity index (χ0v) is 9.45. The molecule has 7 heteroatoms. The standard InChI is InChI=1S/C7H10N4OS2/c1-11-4(3-12)8-6-5(10-11)9-7(13-2)14-6/h10,12H,3H2,1-2H3. The van der Waals surface area contributed by atoms with E-state index in [9.17, 15) is 0 Å². The summed E-state index contributed by atoms with van der Waals surface area (Å²) in [6, 6.07) is 0. The number of hydrazine groups is 1. The molecule has 2 rings (SSSR count). The van der Waals surface area contributed by atoms with Gasteiger partial charge in [-0.2, -0.15) is 0 Å². The Morgan fingerprint density at radius 3 is 3.07 bits per heavy atom. The van der Waals surface area contributed by atoms with Crippen molar-refractivity contribution in [3.63, 3.8) is 0 Å². The van der Waals surface area contributed by atoms with E-state index < -0.39 is 0 Å². The number of hydrogen-bond acceptors (Lipinski definition) is 7. The molecule has 0 amide bonds. The lowest BCUT2D eigenvalue weighted by Crippen LogP contribution is -2.36. The first-order chi connectivity index (χ1) is 6.74. The monoisotopic (exact) mass is 230 g/mol. The minimum absolute atomic E-state index is 0.0740. The van der Waals surface area contributed by atoms with Gasteiger partial charge in [0.1, 0.15) is 12.4 Å². The van der Waals surface area contributed by atoms with Crippen LogP contribution in [0.4, 0.5) is 10.8 Å². The summed E-state index contributed by atoms with van der Waals surface area (Å²) in [7, 11) is 1.80. The van der Waals surface area contributed by atoms with Gasteiger partial charge in [-0.05, 0) is 6.26 Å². The zero-order chi connectivity index (χ0) is 10.1. The Balaban J connectivity index is 2.38. The van der Waals surface area contributed by atoms with Gasteiger partial charge < -0.3 is 5.11 Å². The number of hydrogen-bond donors (Lipinski definition) is 2. The van der Waals surface area contributed by atoms with Crippen LogP contribution in [-0.2, 0) is 0 Å². The molecule has 76 valence electrons. The van der Waals surface area contributed by atoms with E-state index in [1.54, 1.807) is 23.8 Å². The van der Waals surface area contributed by atoms with Crippen LogP contribution in [-0.4, -0.2) is 40.8 Å². The van der Waals surface area contributed by atoms with Gasteiger partial charge in [-0.15, -0.1) is 0 Å². The highest BCUT2D eigenvalue weighted by Crippen LogP contribution is 2.38. The third kappa shape index (κ3) is 1.58. The Kier molecular flexibility index (Phi) is 2.62. The van der Waals surface area contributed by atoms with Crippen molar-refractivity contribution in [1.29, 1.82) is 0 Å². The molecule has 0 aromatic carbocycles. The number of likely N-dealkylation sites (N-methyl/N-ethyl adjacent to an activating group) is 1. The van der Waals surface area contributed by atoms with Crippen LogP contribution in [0.15, 0.2) is 9.33 Å². The molecule has 2 N–H and O–H groups in total. The lowest BCUT2D eigenvalue weighted by atomic mass is 10.5. The molecule has 0 unspecified atom stereocenters. The Morgan fingerprint density at radius 2 is 2.43 bits per heavy atom. The van der Waals surface area contributed by atoms with Crippen molar-refractivity contribution < 1.29 is 5.11 Å². The molecule has 0 radical (unpaired) electrons. The molecule has 0 aliphatic carbocycles. The topological polar surface area (TPSA) is 60.8 Å². The van der Waals surface area contributed by atoms with Crippen LogP contribution in [0.5, 0.6) is 0 Å². The maximum absolute atomic E-state index is 9.02. The van der Waals surface area contributed by atoms with E-state index in [1.807, 2.05) is 6.26 Å². The molecule has 5 nitrogen and oxygen atoms in total. The fourth-order valence-corrected chi connectivity index (χ4v) is 2.48. The van der Waals surface area contributed by atoms with Crippen molar-refractivity contribution >= 4 is 39.8 Å². The predicted octanol–water partition coefficient (Wildman–Crippen LogP) is 1.16. The minimum Gasteiger partial charge on any atom is -0.388 e. The number of aliphatic hydroxyl groups excluding tert-OH is 1. The van der Waals surface area contributed by atoms with Crippen LogP contribution in [0.25, 0.3) is 0 Å². The van der Waals surface area contributed by atoms with Crippen LogP contribution in [0.2, 0.25) is 0 Å². The lowest BCUT2D eigenvalue weighted by molar-refractivity contribution is 0.339. The fraction of sp³-hybridized carbons (Fsp3) is 0.429. The number of amidine groups is 1. The molecule has 0 fully saturated rings. The summed E-state index contributed by atoms with van der Waals surface area (Å²) in [5.74, 6) is 1.37. The Hall–Kier alpha value is -0.790. The molecule has 1 aliphatic heterocycles. The highest BCUT2D eigenvalue weighted by Gasteiger charge is 2.19. The second-order valence-electron chi connectivity index (χ2n) is 2.69. The van der Waals surface area contributed by atoms with Crippen molar-refractivity contribution in [3.8, 4) is 0 Å². The normalized spacial score (nSPS) is 14.8. The van der Waals surface area contributed by atoms with Gasteiger partial charge in [-0.1, -0.05) is 23.1 Å². The average molecular weight is 230 g/mol. The number of thioether (sulfide) groups is 1. The summed E-state index contributed by atoms with van der Waals surface area (Å²) < 4.78 is 0.971. The van der Waals surface area contributed by atoms with E-state index in [2.05, 4.69) is 15.4 Å². The summed E-state index contributed by atoms with van der Waals surface area (Å²) in [5, 5.41) is 11.5. The van der Waals surface area contributed by atoms with Gasteiger partial charge in [-0.3, -0.25) is 10.4 Å². The van der Waals surface area contributed by atoms with Crippen LogP contribution < -0.4 is 5.43 Å². The van der Waals surface area contributed by atoms with Crippen LogP contribution in [0.3, 0.4) is 0 Å². The van der Waals surface area contributed by atoms with Crippen molar-refractivity contribution in [2.24, 2.45) is 4.99 Å². The molecule has 0 saturated heterocycles. The summed E-state index contributed by atoms with van der Waals surface area (Å²) in [6.07, 6.45) is 1.98. The van der Waals surface area contributed by atoms with Gasteiger partial charge in [0, 0.05) is 7.05 Å². The molecule has 1 aromatic rings. The molecule has 0 saturated carbocycles. The summed E-state index contributed by atoms with van der Waals surface area (Å²) >= 11 is 3.11. The first-order valence-electron chi connectivity index (χ1n) is 3.98. The van der Waals surface area contributed by atoms with Crippen LogP contribution in [0, 0.1) is 0 Å². The molecule has 0 atom stereocenters. The quantitative estimate of drug-likeness (QED) is 0.747. The van der Waals surface area contributed by atoms with Crippen LogP contribution >= 0.6 is 23.1 Å². The predicted molar refractivity (Wildman–Crippen MR) is 59.5 cm³/mol. The molecule has 14 heavy (non-hydrogen) atoms. The number of thiazole rings is 1. The molecule has 0 spiro atoms. The number of aliphatic imine (C=N–C) groups is 1.